The van der Waals surface area contributed by atoms with Crippen molar-refractivity contribution in [2.45, 2.75) is 6.42 Å². The van der Waals surface area contributed by atoms with Gasteiger partial charge in [0.25, 0.3) is 0 Å². The van der Waals surface area contributed by atoms with Crippen molar-refractivity contribution >= 4 is 23.3 Å². The van der Waals surface area contributed by atoms with Crippen LogP contribution in [-0.2, 0) is 6.42 Å². The van der Waals surface area contributed by atoms with Gasteiger partial charge in [0.2, 0.25) is 0 Å². The summed E-state index contributed by atoms with van der Waals surface area (Å²) in [4.78, 5) is 0. The molecule has 0 saturated heterocycles. The van der Waals surface area contributed by atoms with Gasteiger partial charge in [-0.2, -0.15) is 0 Å². The predicted octanol–water partition coefficient (Wildman–Crippen LogP) is 2.67. The van der Waals surface area contributed by atoms with Crippen LogP contribution in [0.5, 0.6) is 0 Å². The van der Waals surface area contributed by atoms with Gasteiger partial charge in [0.05, 0.1) is 0 Å². The molecule has 0 amide bonds. The van der Waals surface area contributed by atoms with E-state index < -0.39 is 0 Å². The molecule has 0 aliphatic heterocycles. The molecule has 0 radical (unpaired) electrons. The third kappa shape index (κ3) is 1.09. The fraction of sp³-hybridized carbons (Fsp3) is 0.0526. The Kier molecular flexibility index (Phi) is 1.59. The molecule has 0 saturated carbocycles. The molecular formula is C19H12. The fourth-order valence-electron chi connectivity index (χ4n) is 3.62. The number of hydrogen-bond acceptors (Lipinski definition) is 0. The molecular weight excluding hydrogens is 228 g/mol. The van der Waals surface area contributed by atoms with Gasteiger partial charge in [-0.1, -0.05) is 54.6 Å². The molecule has 0 heteroatoms. The molecule has 19 heavy (non-hydrogen) atoms. The normalized spacial score (nSPS) is 17.2. The predicted molar refractivity (Wildman–Crippen MR) is 79.7 cm³/mol. The average molecular weight is 240 g/mol. The van der Waals surface area contributed by atoms with Crippen molar-refractivity contribution in [1.29, 1.82) is 0 Å². The molecule has 5 rings (SSSR count). The van der Waals surface area contributed by atoms with Gasteiger partial charge >= 0.3 is 0 Å². The van der Waals surface area contributed by atoms with Gasteiger partial charge in [-0.15, -0.1) is 0 Å². The number of fused-ring (bicyclic) bond motifs is 2. The molecule has 2 aromatic carbocycles. The largest absolute Gasteiger partial charge is 0.0616 e. The minimum absolute atomic E-state index is 1.07. The Hall–Kier alpha value is -2.34. The molecule has 0 spiro atoms. The highest BCUT2D eigenvalue weighted by atomic mass is 14.3. The topological polar surface area (TPSA) is 0 Å². The van der Waals surface area contributed by atoms with Crippen molar-refractivity contribution in [2.24, 2.45) is 0 Å². The lowest BCUT2D eigenvalue weighted by Gasteiger charge is -2.20. The zero-order valence-corrected chi connectivity index (χ0v) is 10.5. The summed E-state index contributed by atoms with van der Waals surface area (Å²) < 4.78 is 0. The Bertz CT molecular complexity index is 921. The summed E-state index contributed by atoms with van der Waals surface area (Å²) in [7, 11) is 0. The van der Waals surface area contributed by atoms with Crippen molar-refractivity contribution in [3.63, 3.8) is 0 Å². The Labute approximate surface area is 111 Å². The first-order chi connectivity index (χ1) is 9.42. The van der Waals surface area contributed by atoms with Crippen molar-refractivity contribution in [3.05, 3.63) is 81.2 Å². The molecule has 0 N–H and O–H groups in total. The fourth-order valence-corrected chi connectivity index (χ4v) is 3.62. The number of rotatable bonds is 0. The maximum absolute atomic E-state index is 2.36. The second kappa shape index (κ2) is 3.16. The van der Waals surface area contributed by atoms with Crippen LogP contribution in [0.1, 0.15) is 16.7 Å². The van der Waals surface area contributed by atoms with Crippen molar-refractivity contribution in [1.82, 2.24) is 0 Å². The van der Waals surface area contributed by atoms with Crippen LogP contribution in [-0.4, -0.2) is 0 Å². The Morgan fingerprint density at radius 3 is 2.74 bits per heavy atom. The minimum Gasteiger partial charge on any atom is -0.0616 e. The lowest BCUT2D eigenvalue weighted by molar-refractivity contribution is 1.24. The Morgan fingerprint density at radius 1 is 0.789 bits per heavy atom. The molecule has 0 nitrogen and oxygen atoms in total. The van der Waals surface area contributed by atoms with E-state index in [1.54, 1.807) is 0 Å². The van der Waals surface area contributed by atoms with E-state index in [1.807, 2.05) is 0 Å². The van der Waals surface area contributed by atoms with Gasteiger partial charge in [-0.3, -0.25) is 0 Å². The third-order valence-electron chi connectivity index (χ3n) is 4.45. The summed E-state index contributed by atoms with van der Waals surface area (Å²) in [5.74, 6) is 0. The highest BCUT2D eigenvalue weighted by molar-refractivity contribution is 6.06. The van der Waals surface area contributed by atoms with Gasteiger partial charge in [-0.05, 0) is 56.3 Å². The summed E-state index contributed by atoms with van der Waals surface area (Å²) in [6.07, 6.45) is 7.96. The smallest absolute Gasteiger partial charge is 0.000706 e. The van der Waals surface area contributed by atoms with E-state index in [2.05, 4.69) is 60.7 Å². The highest BCUT2D eigenvalue weighted by Crippen LogP contribution is 2.42. The first-order valence-corrected chi connectivity index (χ1v) is 6.77. The van der Waals surface area contributed by atoms with Crippen molar-refractivity contribution in [2.75, 3.05) is 0 Å². The molecule has 0 fully saturated rings. The molecule has 3 aliphatic rings. The molecule has 0 bridgehead atoms. The van der Waals surface area contributed by atoms with Gasteiger partial charge in [-0.25, -0.2) is 0 Å². The molecule has 3 aliphatic carbocycles. The molecule has 88 valence electrons. The van der Waals surface area contributed by atoms with Crippen LogP contribution in [0.25, 0.3) is 23.3 Å². The van der Waals surface area contributed by atoms with Gasteiger partial charge < -0.3 is 0 Å². The van der Waals surface area contributed by atoms with Crippen LogP contribution < -0.4 is 10.4 Å². The zero-order valence-electron chi connectivity index (χ0n) is 10.5. The van der Waals surface area contributed by atoms with E-state index in [0.717, 1.165) is 6.42 Å². The van der Waals surface area contributed by atoms with Crippen LogP contribution >= 0.6 is 0 Å². The second-order valence-electron chi connectivity index (χ2n) is 5.43. The summed E-state index contributed by atoms with van der Waals surface area (Å²) in [5.41, 5.74) is 8.68. The minimum atomic E-state index is 1.07. The van der Waals surface area contributed by atoms with E-state index in [4.69, 9.17) is 0 Å². The van der Waals surface area contributed by atoms with Gasteiger partial charge in [0, 0.05) is 0 Å². The van der Waals surface area contributed by atoms with Gasteiger partial charge in [0.15, 0.2) is 0 Å². The van der Waals surface area contributed by atoms with Crippen LogP contribution in [0.3, 0.4) is 0 Å². The first-order valence-electron chi connectivity index (χ1n) is 6.77. The average Bonchev–Trinajstić information content (AvgIpc) is 3.02. The molecule has 0 aromatic heterocycles. The summed E-state index contributed by atoms with van der Waals surface area (Å²) in [6, 6.07) is 15.4. The quantitative estimate of drug-likeness (QED) is 0.664. The van der Waals surface area contributed by atoms with Crippen molar-refractivity contribution in [3.8, 4) is 0 Å². The van der Waals surface area contributed by atoms with Crippen molar-refractivity contribution < 1.29 is 0 Å². The maximum Gasteiger partial charge on any atom is -0.000706 e. The van der Waals surface area contributed by atoms with E-state index >= 15 is 0 Å². The first kappa shape index (κ1) is 9.57. The van der Waals surface area contributed by atoms with Crippen LogP contribution in [0, 0.1) is 0 Å². The van der Waals surface area contributed by atoms with Crippen LogP contribution in [0.15, 0.2) is 54.1 Å². The van der Waals surface area contributed by atoms with Crippen LogP contribution in [0.4, 0.5) is 0 Å². The number of allylic oxidation sites excluding steroid dienone is 3. The summed E-state index contributed by atoms with van der Waals surface area (Å²) in [5, 5.41) is 2.79. The Balaban J connectivity index is 1.98. The van der Waals surface area contributed by atoms with E-state index in [9.17, 15) is 0 Å². The number of hydrogen-bond donors (Lipinski definition) is 0. The van der Waals surface area contributed by atoms with E-state index in [0.29, 0.717) is 0 Å². The molecule has 0 unspecified atom stereocenters. The molecule has 2 aromatic rings. The monoisotopic (exact) mass is 240 g/mol. The molecule has 0 atom stereocenters. The highest BCUT2D eigenvalue weighted by Gasteiger charge is 2.26. The molecule has 0 heterocycles. The lowest BCUT2D eigenvalue weighted by atomic mass is 9.83. The van der Waals surface area contributed by atoms with Crippen LogP contribution in [0.2, 0.25) is 0 Å². The third-order valence-corrected chi connectivity index (χ3v) is 4.45. The Morgan fingerprint density at radius 2 is 1.74 bits per heavy atom. The zero-order chi connectivity index (χ0) is 12.4. The van der Waals surface area contributed by atoms with Gasteiger partial charge in [0.1, 0.15) is 0 Å². The lowest BCUT2D eigenvalue weighted by Crippen LogP contribution is -2.22. The summed E-state index contributed by atoms with van der Waals surface area (Å²) >= 11 is 0. The summed E-state index contributed by atoms with van der Waals surface area (Å²) in [6.45, 7) is 0. The van der Waals surface area contributed by atoms with E-state index in [1.165, 1.54) is 43.8 Å². The number of benzene rings is 2. The SMILES string of the molecule is C1=Cc2cccc3c2C1=C1C=c2ccccc2=C1C3. The maximum atomic E-state index is 2.36. The standard InChI is InChI=1S/C19H12/c1-2-7-15-13(4-1)10-18-16-9-8-12-5-3-6-14(19(12)16)11-17(15)18/h1-10H,11H2. The second-order valence-corrected chi connectivity index (χ2v) is 5.43. The van der Waals surface area contributed by atoms with E-state index in [-0.39, 0.29) is 0 Å².